The van der Waals surface area contributed by atoms with E-state index in [1.807, 2.05) is 4.90 Å². The van der Waals surface area contributed by atoms with E-state index in [-0.39, 0.29) is 23.4 Å². The molecule has 0 unspecified atom stereocenters. The number of rotatable bonds is 3. The standard InChI is InChI=1S/C17H15FN6O2/c18-12-3-1-2-4-14(12)23-7-9-24(10-8-23)17(25)16-21-15(22-26-16)13-11-19-5-6-20-13/h1-6,11H,7-10H2. The summed E-state index contributed by atoms with van der Waals surface area (Å²) in [5.74, 6) is -0.491. The highest BCUT2D eigenvalue weighted by molar-refractivity contribution is 5.90. The van der Waals surface area contributed by atoms with Gasteiger partial charge in [0.1, 0.15) is 11.5 Å². The molecule has 0 saturated carbocycles. The van der Waals surface area contributed by atoms with Gasteiger partial charge in [-0.2, -0.15) is 4.98 Å². The largest absolute Gasteiger partial charge is 0.366 e. The van der Waals surface area contributed by atoms with Crippen molar-refractivity contribution in [3.05, 3.63) is 54.6 Å². The molecule has 1 aromatic carbocycles. The predicted octanol–water partition coefficient (Wildman–Crippen LogP) is 1.63. The van der Waals surface area contributed by atoms with Gasteiger partial charge in [-0.3, -0.25) is 9.78 Å². The molecule has 0 aliphatic carbocycles. The summed E-state index contributed by atoms with van der Waals surface area (Å²) in [6.45, 7) is 1.93. The van der Waals surface area contributed by atoms with E-state index in [4.69, 9.17) is 4.52 Å². The van der Waals surface area contributed by atoms with E-state index in [9.17, 15) is 9.18 Å². The Balaban J connectivity index is 1.43. The highest BCUT2D eigenvalue weighted by Crippen LogP contribution is 2.21. The average Bonchev–Trinajstić information content (AvgIpc) is 3.19. The number of amides is 1. The van der Waals surface area contributed by atoms with Crippen molar-refractivity contribution in [3.63, 3.8) is 0 Å². The molecule has 1 aliphatic rings. The van der Waals surface area contributed by atoms with Crippen molar-refractivity contribution in [2.45, 2.75) is 0 Å². The first-order valence-electron chi connectivity index (χ1n) is 8.11. The predicted molar refractivity (Wildman–Crippen MR) is 89.8 cm³/mol. The molecule has 0 radical (unpaired) electrons. The third-order valence-corrected chi connectivity index (χ3v) is 4.16. The molecule has 0 N–H and O–H groups in total. The van der Waals surface area contributed by atoms with Crippen LogP contribution in [0.1, 0.15) is 10.7 Å². The van der Waals surface area contributed by atoms with Gasteiger partial charge in [-0.1, -0.05) is 17.3 Å². The van der Waals surface area contributed by atoms with Crippen LogP contribution in [-0.2, 0) is 0 Å². The maximum atomic E-state index is 13.9. The molecule has 4 rings (SSSR count). The maximum absolute atomic E-state index is 13.9. The minimum absolute atomic E-state index is 0.0926. The van der Waals surface area contributed by atoms with Crippen molar-refractivity contribution in [2.75, 3.05) is 31.1 Å². The summed E-state index contributed by atoms with van der Waals surface area (Å²) in [7, 11) is 0. The summed E-state index contributed by atoms with van der Waals surface area (Å²) in [5.41, 5.74) is 0.974. The van der Waals surface area contributed by atoms with Gasteiger partial charge in [0.25, 0.3) is 0 Å². The molecule has 1 aliphatic heterocycles. The number of para-hydroxylation sites is 1. The number of nitrogens with zero attached hydrogens (tertiary/aromatic N) is 6. The first-order valence-corrected chi connectivity index (χ1v) is 8.11. The topological polar surface area (TPSA) is 88.2 Å². The lowest BCUT2D eigenvalue weighted by Gasteiger charge is -2.35. The molecule has 1 saturated heterocycles. The summed E-state index contributed by atoms with van der Waals surface area (Å²) in [6.07, 6.45) is 4.53. The summed E-state index contributed by atoms with van der Waals surface area (Å²) < 4.78 is 19.0. The third-order valence-electron chi connectivity index (χ3n) is 4.16. The first kappa shape index (κ1) is 16.1. The van der Waals surface area contributed by atoms with E-state index >= 15 is 0 Å². The Morgan fingerprint density at radius 3 is 2.65 bits per heavy atom. The van der Waals surface area contributed by atoms with Crippen molar-refractivity contribution in [1.82, 2.24) is 25.0 Å². The second kappa shape index (κ2) is 6.87. The van der Waals surface area contributed by atoms with Gasteiger partial charge in [0.2, 0.25) is 5.82 Å². The van der Waals surface area contributed by atoms with Crippen LogP contribution in [0.2, 0.25) is 0 Å². The first-order chi connectivity index (χ1) is 12.7. The van der Waals surface area contributed by atoms with Gasteiger partial charge in [-0.05, 0) is 12.1 Å². The van der Waals surface area contributed by atoms with Crippen LogP contribution in [0.4, 0.5) is 10.1 Å². The summed E-state index contributed by atoms with van der Waals surface area (Å²) in [4.78, 5) is 28.2. The fraction of sp³-hybridized carbons (Fsp3) is 0.235. The Morgan fingerprint density at radius 1 is 1.12 bits per heavy atom. The van der Waals surface area contributed by atoms with Crippen molar-refractivity contribution < 1.29 is 13.7 Å². The van der Waals surface area contributed by atoms with E-state index in [0.717, 1.165) is 0 Å². The fourth-order valence-electron chi connectivity index (χ4n) is 2.82. The Bertz CT molecular complexity index is 908. The lowest BCUT2D eigenvalue weighted by Crippen LogP contribution is -2.49. The molecule has 2 aromatic heterocycles. The van der Waals surface area contributed by atoms with Gasteiger partial charge in [0.05, 0.1) is 11.9 Å². The van der Waals surface area contributed by atoms with E-state index in [2.05, 4.69) is 20.1 Å². The molecule has 9 heteroatoms. The van der Waals surface area contributed by atoms with Crippen molar-refractivity contribution in [1.29, 1.82) is 0 Å². The SMILES string of the molecule is O=C(c1nc(-c2cnccn2)no1)N1CCN(c2ccccc2F)CC1. The van der Waals surface area contributed by atoms with Crippen LogP contribution in [0.25, 0.3) is 11.5 Å². The third kappa shape index (κ3) is 3.10. The zero-order valence-electron chi connectivity index (χ0n) is 13.7. The number of piperazine rings is 1. The molecule has 1 fully saturated rings. The van der Waals surface area contributed by atoms with Crippen molar-refractivity contribution in [3.8, 4) is 11.5 Å². The van der Waals surface area contributed by atoms with Crippen LogP contribution >= 0.6 is 0 Å². The number of hydrogen-bond acceptors (Lipinski definition) is 7. The molecule has 0 spiro atoms. The van der Waals surface area contributed by atoms with Crippen molar-refractivity contribution in [2.24, 2.45) is 0 Å². The number of anilines is 1. The van der Waals surface area contributed by atoms with Crippen LogP contribution in [-0.4, -0.2) is 57.1 Å². The number of hydrogen-bond donors (Lipinski definition) is 0. The van der Waals surface area contributed by atoms with E-state index in [0.29, 0.717) is 37.6 Å². The molecular formula is C17H15FN6O2. The van der Waals surface area contributed by atoms with Gasteiger partial charge in [-0.25, -0.2) is 9.37 Å². The molecule has 8 nitrogen and oxygen atoms in total. The van der Waals surface area contributed by atoms with Gasteiger partial charge in [-0.15, -0.1) is 0 Å². The fourth-order valence-corrected chi connectivity index (χ4v) is 2.82. The highest BCUT2D eigenvalue weighted by atomic mass is 19.1. The Morgan fingerprint density at radius 2 is 1.92 bits per heavy atom. The quantitative estimate of drug-likeness (QED) is 0.706. The number of benzene rings is 1. The van der Waals surface area contributed by atoms with Crippen LogP contribution in [0.5, 0.6) is 0 Å². The molecule has 0 atom stereocenters. The summed E-state index contributed by atoms with van der Waals surface area (Å²) in [6, 6.07) is 6.61. The van der Waals surface area contributed by atoms with Crippen molar-refractivity contribution >= 4 is 11.6 Å². The second-order valence-corrected chi connectivity index (χ2v) is 5.74. The van der Waals surface area contributed by atoms with Crippen LogP contribution in [0.3, 0.4) is 0 Å². The molecule has 26 heavy (non-hydrogen) atoms. The van der Waals surface area contributed by atoms with Gasteiger partial charge in [0.15, 0.2) is 0 Å². The smallest absolute Gasteiger partial charge is 0.316 e. The number of aromatic nitrogens is 4. The zero-order chi connectivity index (χ0) is 17.9. The Hall–Kier alpha value is -3.36. The van der Waals surface area contributed by atoms with Crippen LogP contribution in [0, 0.1) is 5.82 Å². The molecule has 3 heterocycles. The minimum atomic E-state index is -0.346. The monoisotopic (exact) mass is 354 g/mol. The summed E-state index contributed by atoms with van der Waals surface area (Å²) >= 11 is 0. The second-order valence-electron chi connectivity index (χ2n) is 5.74. The molecule has 132 valence electrons. The normalized spacial score (nSPS) is 14.5. The Kier molecular flexibility index (Phi) is 4.26. The van der Waals surface area contributed by atoms with Crippen LogP contribution < -0.4 is 4.90 Å². The highest BCUT2D eigenvalue weighted by Gasteiger charge is 2.27. The lowest BCUT2D eigenvalue weighted by atomic mass is 10.2. The number of halogens is 1. The lowest BCUT2D eigenvalue weighted by molar-refractivity contribution is 0.0696. The minimum Gasteiger partial charge on any atom is -0.366 e. The van der Waals surface area contributed by atoms with Gasteiger partial charge < -0.3 is 14.3 Å². The Labute approximate surface area is 148 Å². The number of carbonyl (C=O) groups excluding carboxylic acids is 1. The molecule has 3 aromatic rings. The van der Waals surface area contributed by atoms with E-state index in [1.165, 1.54) is 24.7 Å². The molecule has 1 amide bonds. The summed E-state index contributed by atoms with van der Waals surface area (Å²) in [5, 5.41) is 3.78. The van der Waals surface area contributed by atoms with Crippen LogP contribution in [0.15, 0.2) is 47.4 Å². The average molecular weight is 354 g/mol. The molecule has 0 bridgehead atoms. The van der Waals surface area contributed by atoms with E-state index < -0.39 is 0 Å². The van der Waals surface area contributed by atoms with E-state index in [1.54, 1.807) is 23.1 Å². The maximum Gasteiger partial charge on any atom is 0.316 e. The van der Waals surface area contributed by atoms with Gasteiger partial charge >= 0.3 is 11.8 Å². The van der Waals surface area contributed by atoms with Gasteiger partial charge in [0, 0.05) is 38.6 Å². The number of carbonyl (C=O) groups is 1. The zero-order valence-corrected chi connectivity index (χ0v) is 13.7. The molecular weight excluding hydrogens is 339 g/mol.